The van der Waals surface area contributed by atoms with Gasteiger partial charge < -0.3 is 15.0 Å². The van der Waals surface area contributed by atoms with Crippen molar-refractivity contribution in [3.05, 3.63) is 83.5 Å². The molecule has 4 rings (SSSR count). The molecule has 1 aromatic heterocycles. The summed E-state index contributed by atoms with van der Waals surface area (Å²) in [6.07, 6.45) is 7.53. The highest BCUT2D eigenvalue weighted by molar-refractivity contribution is 5.99. The number of carbonyl (C=O) groups excluding carboxylic acids is 2. The number of anilines is 1. The van der Waals surface area contributed by atoms with Crippen LogP contribution in [0.25, 0.3) is 0 Å². The van der Waals surface area contributed by atoms with Crippen LogP contribution in [0.3, 0.4) is 0 Å². The molecule has 0 radical (unpaired) electrons. The summed E-state index contributed by atoms with van der Waals surface area (Å²) in [7, 11) is 1.34. The molecule has 7 heteroatoms. The van der Waals surface area contributed by atoms with Gasteiger partial charge in [-0.15, -0.1) is 0 Å². The SMILES string of the molecule is COC(=O)c1cccc(N2C(=O)N(Cc3cccnc3)CC3=C2NCC=C3)c1. The molecule has 7 nitrogen and oxygen atoms in total. The standard InChI is InChI=1S/C21H20N4O3/c1-28-20(26)16-6-2-8-18(11-16)25-19-17(7-4-10-23-19)14-24(21(25)27)13-15-5-3-9-22-12-15/h2-9,11-12,23H,10,13-14H2,1H3. The summed E-state index contributed by atoms with van der Waals surface area (Å²) in [5, 5.41) is 3.29. The number of carbonyl (C=O) groups is 2. The van der Waals surface area contributed by atoms with Crippen LogP contribution in [-0.2, 0) is 11.3 Å². The highest BCUT2D eigenvalue weighted by Crippen LogP contribution is 2.29. The second-order valence-electron chi connectivity index (χ2n) is 6.53. The maximum Gasteiger partial charge on any atom is 0.337 e. The van der Waals surface area contributed by atoms with E-state index in [0.717, 1.165) is 17.0 Å². The maximum absolute atomic E-state index is 13.4. The zero-order chi connectivity index (χ0) is 19.5. The lowest BCUT2D eigenvalue weighted by Crippen LogP contribution is -2.51. The van der Waals surface area contributed by atoms with E-state index in [-0.39, 0.29) is 6.03 Å². The van der Waals surface area contributed by atoms with Crippen LogP contribution in [0.4, 0.5) is 10.5 Å². The van der Waals surface area contributed by atoms with Crippen LogP contribution >= 0.6 is 0 Å². The van der Waals surface area contributed by atoms with E-state index < -0.39 is 5.97 Å². The molecule has 3 heterocycles. The van der Waals surface area contributed by atoms with Crippen LogP contribution in [0.5, 0.6) is 0 Å². The van der Waals surface area contributed by atoms with Gasteiger partial charge in [0.25, 0.3) is 0 Å². The number of aromatic nitrogens is 1. The maximum atomic E-state index is 13.4. The van der Waals surface area contributed by atoms with Gasteiger partial charge in [0.05, 0.1) is 24.9 Å². The Hall–Kier alpha value is -3.61. The topological polar surface area (TPSA) is 74.8 Å². The van der Waals surface area contributed by atoms with E-state index in [2.05, 4.69) is 10.3 Å². The Morgan fingerprint density at radius 1 is 1.29 bits per heavy atom. The number of esters is 1. The number of nitrogens with one attached hydrogen (secondary N) is 1. The normalized spacial score (nSPS) is 16.0. The summed E-state index contributed by atoms with van der Waals surface area (Å²) in [4.78, 5) is 32.8. The first kappa shape index (κ1) is 17.8. The summed E-state index contributed by atoms with van der Waals surface area (Å²) in [6.45, 7) is 1.59. The average Bonchev–Trinajstić information content (AvgIpc) is 2.74. The lowest BCUT2D eigenvalue weighted by molar-refractivity contribution is 0.0600. The van der Waals surface area contributed by atoms with Gasteiger partial charge in [0, 0.05) is 31.1 Å². The second kappa shape index (κ2) is 7.56. The van der Waals surface area contributed by atoms with Crippen LogP contribution in [0, 0.1) is 0 Å². The predicted octanol–water partition coefficient (Wildman–Crippen LogP) is 2.68. The molecule has 0 aliphatic carbocycles. The van der Waals surface area contributed by atoms with E-state index in [9.17, 15) is 9.59 Å². The van der Waals surface area contributed by atoms with Gasteiger partial charge in [-0.05, 0) is 29.8 Å². The van der Waals surface area contributed by atoms with Gasteiger partial charge in [-0.1, -0.05) is 24.3 Å². The van der Waals surface area contributed by atoms with Crippen LogP contribution < -0.4 is 10.2 Å². The number of dihydropyridines is 1. The van der Waals surface area contributed by atoms with Crippen molar-refractivity contribution in [3.8, 4) is 0 Å². The molecular formula is C21H20N4O3. The zero-order valence-electron chi connectivity index (χ0n) is 15.5. The smallest absolute Gasteiger partial charge is 0.337 e. The van der Waals surface area contributed by atoms with E-state index in [0.29, 0.717) is 30.9 Å². The zero-order valence-corrected chi connectivity index (χ0v) is 15.5. The molecule has 1 N–H and O–H groups in total. The van der Waals surface area contributed by atoms with Crippen LogP contribution in [0.2, 0.25) is 0 Å². The van der Waals surface area contributed by atoms with E-state index in [4.69, 9.17) is 4.74 Å². The highest BCUT2D eigenvalue weighted by Gasteiger charge is 2.34. The summed E-state index contributed by atoms with van der Waals surface area (Å²) >= 11 is 0. The molecule has 2 aliphatic rings. The van der Waals surface area contributed by atoms with Gasteiger partial charge in [0.2, 0.25) is 0 Å². The van der Waals surface area contributed by atoms with Crippen molar-refractivity contribution >= 4 is 17.7 Å². The second-order valence-corrected chi connectivity index (χ2v) is 6.53. The number of benzene rings is 1. The molecule has 0 atom stereocenters. The van der Waals surface area contributed by atoms with E-state index >= 15 is 0 Å². The fraction of sp³-hybridized carbons (Fsp3) is 0.190. The fourth-order valence-electron chi connectivity index (χ4n) is 3.37. The first-order valence-electron chi connectivity index (χ1n) is 8.97. The molecule has 2 aromatic rings. The van der Waals surface area contributed by atoms with E-state index in [1.165, 1.54) is 7.11 Å². The molecule has 0 bridgehead atoms. The monoisotopic (exact) mass is 376 g/mol. The van der Waals surface area contributed by atoms with Crippen molar-refractivity contribution in [2.75, 3.05) is 25.1 Å². The number of methoxy groups -OCH3 is 1. The predicted molar refractivity (Wildman–Crippen MR) is 104 cm³/mol. The molecular weight excluding hydrogens is 356 g/mol. The van der Waals surface area contributed by atoms with Gasteiger partial charge >= 0.3 is 12.0 Å². The number of amides is 2. The number of nitrogens with zero attached hydrogens (tertiary/aromatic N) is 3. The highest BCUT2D eigenvalue weighted by atomic mass is 16.5. The van der Waals surface area contributed by atoms with Crippen molar-refractivity contribution in [2.24, 2.45) is 0 Å². The van der Waals surface area contributed by atoms with Crippen molar-refractivity contribution in [2.45, 2.75) is 6.54 Å². The van der Waals surface area contributed by atoms with E-state index in [1.54, 1.807) is 40.4 Å². The molecule has 0 saturated heterocycles. The molecule has 0 spiro atoms. The fourth-order valence-corrected chi connectivity index (χ4v) is 3.37. The molecule has 0 fully saturated rings. The van der Waals surface area contributed by atoms with Crippen molar-refractivity contribution in [3.63, 3.8) is 0 Å². The minimum atomic E-state index is -0.441. The number of hydrogen-bond donors (Lipinski definition) is 1. The quantitative estimate of drug-likeness (QED) is 0.831. The van der Waals surface area contributed by atoms with E-state index in [1.807, 2.05) is 30.4 Å². The third-order valence-electron chi connectivity index (χ3n) is 4.68. The van der Waals surface area contributed by atoms with Crippen LogP contribution in [0.1, 0.15) is 15.9 Å². The number of ether oxygens (including phenoxy) is 1. The number of hydrogen-bond acceptors (Lipinski definition) is 5. The number of rotatable bonds is 4. The molecule has 2 amide bonds. The first-order chi connectivity index (χ1) is 13.7. The summed E-state index contributed by atoms with van der Waals surface area (Å²) in [6, 6.07) is 10.5. The lowest BCUT2D eigenvalue weighted by atomic mass is 10.1. The Labute approximate surface area is 162 Å². The van der Waals surface area contributed by atoms with Gasteiger partial charge in [-0.25, -0.2) is 14.5 Å². The lowest BCUT2D eigenvalue weighted by Gasteiger charge is -2.39. The Morgan fingerprint density at radius 2 is 2.18 bits per heavy atom. The van der Waals surface area contributed by atoms with Crippen LogP contribution in [0.15, 0.2) is 72.3 Å². The Kier molecular flexibility index (Phi) is 4.80. The van der Waals surface area contributed by atoms with Gasteiger partial charge in [-0.3, -0.25) is 4.98 Å². The van der Waals surface area contributed by atoms with Crippen molar-refractivity contribution in [1.82, 2.24) is 15.2 Å². The Morgan fingerprint density at radius 3 is 2.96 bits per heavy atom. The largest absolute Gasteiger partial charge is 0.465 e. The molecule has 0 unspecified atom stereocenters. The minimum Gasteiger partial charge on any atom is -0.465 e. The Bertz CT molecular complexity index is 969. The number of urea groups is 1. The van der Waals surface area contributed by atoms with Crippen molar-refractivity contribution in [1.29, 1.82) is 0 Å². The molecule has 2 aliphatic heterocycles. The third kappa shape index (κ3) is 3.34. The molecule has 28 heavy (non-hydrogen) atoms. The summed E-state index contributed by atoms with van der Waals surface area (Å²) in [5.41, 5.74) is 2.97. The van der Waals surface area contributed by atoms with Crippen LogP contribution in [-0.4, -0.2) is 42.1 Å². The molecule has 142 valence electrons. The summed E-state index contributed by atoms with van der Waals surface area (Å²) < 4.78 is 4.81. The Balaban J connectivity index is 1.72. The summed E-state index contributed by atoms with van der Waals surface area (Å²) in [5.74, 6) is 0.307. The van der Waals surface area contributed by atoms with Gasteiger partial charge in [0.15, 0.2) is 0 Å². The average molecular weight is 376 g/mol. The minimum absolute atomic E-state index is 0.160. The number of pyridine rings is 1. The van der Waals surface area contributed by atoms with Gasteiger partial charge in [0.1, 0.15) is 5.82 Å². The van der Waals surface area contributed by atoms with Crippen molar-refractivity contribution < 1.29 is 14.3 Å². The molecule has 1 aromatic carbocycles. The van der Waals surface area contributed by atoms with Gasteiger partial charge in [-0.2, -0.15) is 0 Å². The third-order valence-corrected chi connectivity index (χ3v) is 4.68. The first-order valence-corrected chi connectivity index (χ1v) is 8.97. The molecule has 0 saturated carbocycles.